The number of furan rings is 1. The molecule has 0 radical (unpaired) electrons. The van der Waals surface area contributed by atoms with E-state index in [2.05, 4.69) is 21.1 Å². The number of hydrogen-bond donors (Lipinski definition) is 1. The quantitative estimate of drug-likeness (QED) is 0.258. The van der Waals surface area contributed by atoms with E-state index >= 15 is 0 Å². The summed E-state index contributed by atoms with van der Waals surface area (Å²) in [4.78, 5) is 22.6. The molecule has 0 spiro atoms. The van der Waals surface area contributed by atoms with Crippen molar-refractivity contribution in [3.05, 3.63) is 83.1 Å². The molecule has 0 aliphatic carbocycles. The molecule has 0 amide bonds. The van der Waals surface area contributed by atoms with Gasteiger partial charge in [0.1, 0.15) is 35.7 Å². The number of benzene rings is 2. The Balaban J connectivity index is 1.06. The molecule has 0 bridgehead atoms. The van der Waals surface area contributed by atoms with Crippen molar-refractivity contribution in [3.63, 3.8) is 0 Å². The van der Waals surface area contributed by atoms with Gasteiger partial charge in [-0.25, -0.2) is 14.2 Å². The van der Waals surface area contributed by atoms with E-state index in [4.69, 9.17) is 13.9 Å². The highest BCUT2D eigenvalue weighted by Crippen LogP contribution is 2.27. The average Bonchev–Trinajstić information content (AvgIpc) is 3.64. The van der Waals surface area contributed by atoms with Crippen molar-refractivity contribution in [3.8, 4) is 11.9 Å². The monoisotopic (exact) mass is 595 g/mol. The van der Waals surface area contributed by atoms with Crippen molar-refractivity contribution in [1.82, 2.24) is 19.5 Å². The van der Waals surface area contributed by atoms with Crippen LogP contribution >= 0.6 is 0 Å². The molecule has 3 aromatic heterocycles. The number of pyridine rings is 1. The Hall–Kier alpha value is -5.48. The van der Waals surface area contributed by atoms with Gasteiger partial charge in [-0.1, -0.05) is 12.1 Å². The van der Waals surface area contributed by atoms with E-state index < -0.39 is 11.8 Å². The fourth-order valence-corrected chi connectivity index (χ4v) is 5.37. The number of anilines is 1. The molecule has 13 heteroatoms. The Morgan fingerprint density at radius 2 is 2.07 bits per heavy atom. The highest BCUT2D eigenvalue weighted by molar-refractivity contribution is 5.93. The second kappa shape index (κ2) is 11.3. The molecule has 12 nitrogen and oxygen atoms in total. The standard InChI is InChI=1S/C31H26FN7O5/c32-24-12-21(31(40)41)13-25-29(24)36-27(39(25)15-22-6-10-42-22)16-38-9-8-37(18-34-38)26-2-1-3-28(35-26)44-17-20-5-4-19(14-33)23-7-11-43-30(20)23/h1-5,7,11-13,18,22H,6,8-10,15-17H2,(H,40,41)/t22-/m0/s1. The van der Waals surface area contributed by atoms with E-state index in [0.717, 1.165) is 23.4 Å². The summed E-state index contributed by atoms with van der Waals surface area (Å²) in [7, 11) is 0. The normalized spacial score (nSPS) is 16.3. The van der Waals surface area contributed by atoms with Crippen LogP contribution in [0.2, 0.25) is 0 Å². The van der Waals surface area contributed by atoms with Crippen LogP contribution in [0.4, 0.5) is 10.2 Å². The number of rotatable bonds is 9. The molecule has 44 heavy (non-hydrogen) atoms. The van der Waals surface area contributed by atoms with Crippen molar-refractivity contribution >= 4 is 40.1 Å². The number of carboxylic acids is 1. The van der Waals surface area contributed by atoms with Gasteiger partial charge in [-0.05, 0) is 36.8 Å². The number of imidazole rings is 1. The van der Waals surface area contributed by atoms with Gasteiger partial charge in [0.15, 0.2) is 5.82 Å². The fraction of sp³-hybridized carbons (Fsp3) is 0.258. The zero-order chi connectivity index (χ0) is 30.2. The minimum Gasteiger partial charge on any atom is -0.478 e. The van der Waals surface area contributed by atoms with Gasteiger partial charge in [-0.15, -0.1) is 0 Å². The lowest BCUT2D eigenvalue weighted by Crippen LogP contribution is -2.38. The minimum absolute atomic E-state index is 0.0364. The van der Waals surface area contributed by atoms with Crippen LogP contribution in [-0.2, 0) is 24.4 Å². The SMILES string of the molecule is N#Cc1ccc(COc2cccc(N3C=NN(Cc4nc5c(F)cc(C(=O)O)cc5n4C[C@@H]4CCO4)CC3)n2)c2occc12. The predicted molar refractivity (Wildman–Crippen MR) is 157 cm³/mol. The number of aromatic nitrogens is 3. The molecule has 2 aromatic carbocycles. The van der Waals surface area contributed by atoms with E-state index in [0.29, 0.717) is 67.0 Å². The van der Waals surface area contributed by atoms with Crippen LogP contribution in [0.15, 0.2) is 64.3 Å². The Kier molecular flexibility index (Phi) is 7.03. The zero-order valence-electron chi connectivity index (χ0n) is 23.4. The average molecular weight is 596 g/mol. The largest absolute Gasteiger partial charge is 0.478 e. The number of carbonyl (C=O) groups is 1. The van der Waals surface area contributed by atoms with Gasteiger partial charge in [0.2, 0.25) is 5.88 Å². The number of halogens is 1. The maximum absolute atomic E-state index is 14.9. The predicted octanol–water partition coefficient (Wildman–Crippen LogP) is 4.52. The summed E-state index contributed by atoms with van der Waals surface area (Å²) < 4.78 is 33.9. The third-order valence-corrected chi connectivity index (χ3v) is 7.79. The van der Waals surface area contributed by atoms with Crippen molar-refractivity contribution < 1.29 is 28.2 Å². The van der Waals surface area contributed by atoms with E-state index in [1.165, 1.54) is 6.07 Å². The van der Waals surface area contributed by atoms with Crippen LogP contribution in [0.1, 0.15) is 33.7 Å². The first-order valence-electron chi connectivity index (χ1n) is 14.0. The van der Waals surface area contributed by atoms with E-state index in [9.17, 15) is 19.6 Å². The molecule has 0 unspecified atom stereocenters. The lowest BCUT2D eigenvalue weighted by Gasteiger charge is -2.30. The molecule has 5 heterocycles. The summed E-state index contributed by atoms with van der Waals surface area (Å²) in [5.41, 5.74) is 2.38. The summed E-state index contributed by atoms with van der Waals surface area (Å²) >= 11 is 0. The molecular formula is C31H26FN7O5. The van der Waals surface area contributed by atoms with Crippen LogP contribution in [0.5, 0.6) is 5.88 Å². The third-order valence-electron chi connectivity index (χ3n) is 7.79. The topological polar surface area (TPSA) is 142 Å². The summed E-state index contributed by atoms with van der Waals surface area (Å²) in [6.07, 6.45) is 4.06. The fourth-order valence-electron chi connectivity index (χ4n) is 5.37. The summed E-state index contributed by atoms with van der Waals surface area (Å²) in [5, 5.41) is 25.9. The molecule has 1 saturated heterocycles. The van der Waals surface area contributed by atoms with Gasteiger partial charge in [-0.3, -0.25) is 5.01 Å². The lowest BCUT2D eigenvalue weighted by atomic mass is 10.1. The first-order chi connectivity index (χ1) is 21.5. The van der Waals surface area contributed by atoms with Gasteiger partial charge in [0, 0.05) is 30.2 Å². The first-order valence-corrected chi connectivity index (χ1v) is 14.0. The van der Waals surface area contributed by atoms with Gasteiger partial charge in [0.25, 0.3) is 0 Å². The van der Waals surface area contributed by atoms with Gasteiger partial charge in [-0.2, -0.15) is 15.3 Å². The number of aromatic carboxylic acids is 1. The lowest BCUT2D eigenvalue weighted by molar-refractivity contribution is -0.0592. The van der Waals surface area contributed by atoms with Crippen molar-refractivity contribution in [2.75, 3.05) is 24.6 Å². The molecule has 2 aliphatic heterocycles. The summed E-state index contributed by atoms with van der Waals surface area (Å²) in [6, 6.07) is 15.4. The summed E-state index contributed by atoms with van der Waals surface area (Å²) in [5.74, 6) is -0.218. The highest BCUT2D eigenvalue weighted by Gasteiger charge is 2.25. The number of hydrogen-bond acceptors (Lipinski definition) is 10. The third kappa shape index (κ3) is 5.16. The minimum atomic E-state index is -1.20. The summed E-state index contributed by atoms with van der Waals surface area (Å²) in [6.45, 7) is 2.74. The second-order valence-electron chi connectivity index (χ2n) is 10.5. The molecule has 0 saturated carbocycles. The molecule has 2 aliphatic rings. The number of fused-ring (bicyclic) bond motifs is 2. The first kappa shape index (κ1) is 27.4. The molecule has 222 valence electrons. The van der Waals surface area contributed by atoms with E-state index in [1.54, 1.807) is 30.8 Å². The number of nitriles is 1. The van der Waals surface area contributed by atoms with Crippen LogP contribution < -0.4 is 9.64 Å². The molecule has 5 aromatic rings. The van der Waals surface area contributed by atoms with Gasteiger partial charge in [0.05, 0.1) is 54.7 Å². The zero-order valence-corrected chi connectivity index (χ0v) is 23.4. The number of nitrogens with zero attached hydrogens (tertiary/aromatic N) is 7. The van der Waals surface area contributed by atoms with E-state index in [-0.39, 0.29) is 23.8 Å². The Labute approximate surface area is 250 Å². The Morgan fingerprint density at radius 3 is 2.82 bits per heavy atom. The van der Waals surface area contributed by atoms with Crippen LogP contribution in [0.25, 0.3) is 22.0 Å². The van der Waals surface area contributed by atoms with E-state index in [1.807, 2.05) is 32.7 Å². The van der Waals surface area contributed by atoms with Crippen molar-refractivity contribution in [1.29, 1.82) is 5.26 Å². The molecule has 1 fully saturated rings. The van der Waals surface area contributed by atoms with Gasteiger partial charge < -0.3 is 28.5 Å². The Bertz CT molecular complexity index is 1960. The number of ether oxygens (including phenoxy) is 2. The van der Waals surface area contributed by atoms with Crippen molar-refractivity contribution in [2.24, 2.45) is 5.10 Å². The van der Waals surface area contributed by atoms with Gasteiger partial charge >= 0.3 is 5.97 Å². The van der Waals surface area contributed by atoms with Crippen LogP contribution in [0, 0.1) is 17.1 Å². The number of hydrazone groups is 1. The van der Waals surface area contributed by atoms with Crippen LogP contribution in [-0.4, -0.2) is 62.8 Å². The smallest absolute Gasteiger partial charge is 0.335 e. The maximum Gasteiger partial charge on any atom is 0.335 e. The molecular weight excluding hydrogens is 569 g/mol. The van der Waals surface area contributed by atoms with Crippen LogP contribution in [0.3, 0.4) is 0 Å². The maximum atomic E-state index is 14.9. The van der Waals surface area contributed by atoms with Crippen molar-refractivity contribution in [2.45, 2.75) is 32.2 Å². The second-order valence-corrected chi connectivity index (χ2v) is 10.5. The number of carboxylic acid groups (broad SMARTS) is 1. The Morgan fingerprint density at radius 1 is 1.18 bits per heavy atom. The molecule has 1 N–H and O–H groups in total. The molecule has 7 rings (SSSR count). The highest BCUT2D eigenvalue weighted by atomic mass is 19.1. The molecule has 1 atom stereocenters.